The van der Waals surface area contributed by atoms with Crippen molar-refractivity contribution >= 4 is 23.3 Å². The van der Waals surface area contributed by atoms with Crippen LogP contribution in [0.5, 0.6) is 5.75 Å². The van der Waals surface area contributed by atoms with Crippen LogP contribution in [0.25, 0.3) is 0 Å². The van der Waals surface area contributed by atoms with E-state index in [1.165, 1.54) is 0 Å². The maximum Gasteiger partial charge on any atom is 0.338 e. The Hall–Kier alpha value is -3.02. The molecule has 0 spiro atoms. The molecule has 0 fully saturated rings. The molecule has 1 atom stereocenters. The minimum Gasteiger partial charge on any atom is -0.497 e. The number of methoxy groups -OCH3 is 1. The van der Waals surface area contributed by atoms with Crippen molar-refractivity contribution in [2.75, 3.05) is 18.2 Å². The van der Waals surface area contributed by atoms with E-state index >= 15 is 0 Å². The average Bonchev–Trinajstić information content (AvgIpc) is 2.60. The van der Waals surface area contributed by atoms with Gasteiger partial charge in [-0.2, -0.15) is 0 Å². The largest absolute Gasteiger partial charge is 0.497 e. The monoisotopic (exact) mass is 328 g/mol. The smallest absolute Gasteiger partial charge is 0.338 e. The van der Waals surface area contributed by atoms with Crippen LogP contribution >= 0.6 is 0 Å². The van der Waals surface area contributed by atoms with E-state index < -0.39 is 12.1 Å². The second kappa shape index (κ2) is 8.01. The summed E-state index contributed by atoms with van der Waals surface area (Å²) in [6.45, 7) is 1.77. The predicted octanol–water partition coefficient (Wildman–Crippen LogP) is 2.85. The molecule has 0 aliphatic carbocycles. The van der Waals surface area contributed by atoms with Gasteiger partial charge in [-0.05, 0) is 55.0 Å². The standard InChI is InChI=1S/C18H20N2O4/c1-3-16(24-18(22)12-4-6-13(19)7-5-12)17(21)20-14-8-10-15(23-2)11-9-14/h4-11,16H,3,19H2,1-2H3,(H,20,21). The lowest BCUT2D eigenvalue weighted by Crippen LogP contribution is -2.32. The molecule has 24 heavy (non-hydrogen) atoms. The summed E-state index contributed by atoms with van der Waals surface area (Å²) in [5.41, 5.74) is 7.08. The number of carbonyl (C=O) groups is 2. The van der Waals surface area contributed by atoms with E-state index in [9.17, 15) is 9.59 Å². The maximum atomic E-state index is 12.3. The number of nitrogen functional groups attached to an aromatic ring is 1. The molecule has 1 unspecified atom stereocenters. The van der Waals surface area contributed by atoms with Gasteiger partial charge in [-0.25, -0.2) is 4.79 Å². The van der Waals surface area contributed by atoms with Gasteiger partial charge < -0.3 is 20.5 Å². The van der Waals surface area contributed by atoms with Gasteiger partial charge in [0.05, 0.1) is 12.7 Å². The molecule has 0 heterocycles. The first-order chi connectivity index (χ1) is 11.5. The third-order valence-electron chi connectivity index (χ3n) is 3.42. The number of ether oxygens (including phenoxy) is 2. The number of nitrogens with two attached hydrogens (primary N) is 1. The molecule has 0 radical (unpaired) electrons. The van der Waals surface area contributed by atoms with Crippen LogP contribution in [0.15, 0.2) is 48.5 Å². The molecule has 126 valence electrons. The molecule has 3 N–H and O–H groups in total. The second-order valence-electron chi connectivity index (χ2n) is 5.14. The second-order valence-corrected chi connectivity index (χ2v) is 5.14. The summed E-state index contributed by atoms with van der Waals surface area (Å²) < 4.78 is 10.3. The third-order valence-corrected chi connectivity index (χ3v) is 3.42. The molecule has 0 bridgehead atoms. The van der Waals surface area contributed by atoms with Gasteiger partial charge >= 0.3 is 5.97 Å². The van der Waals surface area contributed by atoms with Crippen molar-refractivity contribution in [3.05, 3.63) is 54.1 Å². The van der Waals surface area contributed by atoms with Crippen LogP contribution in [0, 0.1) is 0 Å². The topological polar surface area (TPSA) is 90.7 Å². The van der Waals surface area contributed by atoms with Crippen molar-refractivity contribution in [2.24, 2.45) is 0 Å². The van der Waals surface area contributed by atoms with E-state index in [1.807, 2.05) is 0 Å². The highest BCUT2D eigenvalue weighted by Crippen LogP contribution is 2.16. The van der Waals surface area contributed by atoms with E-state index in [2.05, 4.69) is 5.32 Å². The van der Waals surface area contributed by atoms with Gasteiger partial charge in [-0.1, -0.05) is 6.92 Å². The van der Waals surface area contributed by atoms with Crippen molar-refractivity contribution in [2.45, 2.75) is 19.4 Å². The lowest BCUT2D eigenvalue weighted by atomic mass is 10.2. The number of anilines is 2. The fourth-order valence-corrected chi connectivity index (χ4v) is 2.04. The molecule has 2 aromatic carbocycles. The Balaban J connectivity index is 1.99. The molecule has 6 nitrogen and oxygen atoms in total. The molecule has 0 saturated carbocycles. The average molecular weight is 328 g/mol. The van der Waals surface area contributed by atoms with E-state index in [0.29, 0.717) is 29.1 Å². The summed E-state index contributed by atoms with van der Waals surface area (Å²) in [6.07, 6.45) is -0.514. The van der Waals surface area contributed by atoms with Gasteiger partial charge in [0.1, 0.15) is 5.75 Å². The van der Waals surface area contributed by atoms with Crippen LogP contribution in [-0.2, 0) is 9.53 Å². The van der Waals surface area contributed by atoms with Gasteiger partial charge in [0.15, 0.2) is 6.10 Å². The fourth-order valence-electron chi connectivity index (χ4n) is 2.04. The van der Waals surface area contributed by atoms with Gasteiger partial charge in [0.2, 0.25) is 0 Å². The predicted molar refractivity (Wildman–Crippen MR) is 92.0 cm³/mol. The van der Waals surface area contributed by atoms with Crippen molar-refractivity contribution in [3.63, 3.8) is 0 Å². The first kappa shape index (κ1) is 17.3. The Morgan fingerprint density at radius 2 is 1.71 bits per heavy atom. The Bertz CT molecular complexity index is 696. The molecular formula is C18H20N2O4. The summed E-state index contributed by atoms with van der Waals surface area (Å²) in [5, 5.41) is 2.72. The maximum absolute atomic E-state index is 12.3. The fraction of sp³-hybridized carbons (Fsp3) is 0.222. The number of benzene rings is 2. The molecule has 2 rings (SSSR count). The van der Waals surface area contributed by atoms with E-state index in [1.54, 1.807) is 62.6 Å². The highest BCUT2D eigenvalue weighted by Gasteiger charge is 2.22. The summed E-state index contributed by atoms with van der Waals surface area (Å²) in [7, 11) is 1.57. The van der Waals surface area contributed by atoms with E-state index in [4.69, 9.17) is 15.2 Å². The van der Waals surface area contributed by atoms with Gasteiger partial charge in [-0.15, -0.1) is 0 Å². The zero-order chi connectivity index (χ0) is 17.5. The molecule has 0 aliphatic heterocycles. The molecule has 6 heteroatoms. The number of rotatable bonds is 6. The van der Waals surface area contributed by atoms with E-state index in [-0.39, 0.29) is 5.91 Å². The lowest BCUT2D eigenvalue weighted by Gasteiger charge is -2.16. The summed E-state index contributed by atoms with van der Waals surface area (Å²) in [6, 6.07) is 13.2. The van der Waals surface area contributed by atoms with Gasteiger partial charge in [-0.3, -0.25) is 4.79 Å². The zero-order valence-electron chi connectivity index (χ0n) is 13.6. The van der Waals surface area contributed by atoms with Crippen LogP contribution in [0.2, 0.25) is 0 Å². The first-order valence-electron chi connectivity index (χ1n) is 7.55. The number of hydrogen-bond donors (Lipinski definition) is 2. The molecular weight excluding hydrogens is 308 g/mol. The highest BCUT2D eigenvalue weighted by molar-refractivity contribution is 5.97. The van der Waals surface area contributed by atoms with Crippen molar-refractivity contribution in [1.82, 2.24) is 0 Å². The SMILES string of the molecule is CCC(OC(=O)c1ccc(N)cc1)C(=O)Nc1ccc(OC)cc1. The Morgan fingerprint density at radius 1 is 1.08 bits per heavy atom. The Morgan fingerprint density at radius 3 is 2.25 bits per heavy atom. The number of hydrogen-bond acceptors (Lipinski definition) is 5. The summed E-state index contributed by atoms with van der Waals surface area (Å²) in [5.74, 6) is -0.256. The van der Waals surface area contributed by atoms with Crippen LogP contribution in [0.4, 0.5) is 11.4 Å². The third kappa shape index (κ3) is 4.49. The zero-order valence-corrected chi connectivity index (χ0v) is 13.6. The van der Waals surface area contributed by atoms with Crippen LogP contribution in [-0.4, -0.2) is 25.1 Å². The molecule has 0 saturated heterocycles. The van der Waals surface area contributed by atoms with Crippen LogP contribution in [0.1, 0.15) is 23.7 Å². The lowest BCUT2D eigenvalue weighted by molar-refractivity contribution is -0.124. The van der Waals surface area contributed by atoms with Crippen LogP contribution < -0.4 is 15.8 Å². The Kier molecular flexibility index (Phi) is 5.78. The van der Waals surface area contributed by atoms with Crippen molar-refractivity contribution in [1.29, 1.82) is 0 Å². The highest BCUT2D eigenvalue weighted by atomic mass is 16.5. The van der Waals surface area contributed by atoms with Gasteiger partial charge in [0, 0.05) is 11.4 Å². The molecule has 2 aromatic rings. The summed E-state index contributed by atoms with van der Waals surface area (Å²) >= 11 is 0. The number of amides is 1. The normalized spacial score (nSPS) is 11.4. The Labute approximate surface area is 140 Å². The quantitative estimate of drug-likeness (QED) is 0.628. The number of carbonyl (C=O) groups excluding carboxylic acids is 2. The molecule has 1 amide bonds. The molecule has 0 aliphatic rings. The minimum atomic E-state index is -0.878. The summed E-state index contributed by atoms with van der Waals surface area (Å²) in [4.78, 5) is 24.4. The van der Waals surface area contributed by atoms with Gasteiger partial charge in [0.25, 0.3) is 5.91 Å². The van der Waals surface area contributed by atoms with Crippen molar-refractivity contribution < 1.29 is 19.1 Å². The number of esters is 1. The van der Waals surface area contributed by atoms with Crippen LogP contribution in [0.3, 0.4) is 0 Å². The minimum absolute atomic E-state index is 0.347. The molecule has 0 aromatic heterocycles. The van der Waals surface area contributed by atoms with Crippen molar-refractivity contribution in [3.8, 4) is 5.75 Å². The number of nitrogens with one attached hydrogen (secondary N) is 1. The van der Waals surface area contributed by atoms with E-state index in [0.717, 1.165) is 0 Å². The first-order valence-corrected chi connectivity index (χ1v) is 7.55.